The van der Waals surface area contributed by atoms with E-state index in [-0.39, 0.29) is 17.7 Å². The summed E-state index contributed by atoms with van der Waals surface area (Å²) in [5.74, 6) is 0.0320. The van der Waals surface area contributed by atoms with Crippen LogP contribution in [0.15, 0.2) is 53.0 Å². The molecule has 3 aromatic rings. The molecule has 1 aliphatic rings. The third kappa shape index (κ3) is 3.58. The van der Waals surface area contributed by atoms with Gasteiger partial charge in [-0.3, -0.25) is 9.59 Å². The third-order valence-electron chi connectivity index (χ3n) is 4.19. The molecule has 1 heterocycles. The lowest BCUT2D eigenvalue weighted by atomic mass is 10.2. The molecule has 4 rings (SSSR count). The molecule has 0 bridgehead atoms. The number of aromatic nitrogens is 1. The number of fused-ring (bicyclic) bond motifs is 1. The normalized spacial score (nSPS) is 13.6. The average molecular weight is 398 g/mol. The number of benzene rings is 2. The van der Waals surface area contributed by atoms with Crippen LogP contribution in [-0.4, -0.2) is 16.8 Å². The molecule has 3 N–H and O–H groups in total. The maximum absolute atomic E-state index is 12.4. The Labute approximate surface area is 152 Å². The van der Waals surface area contributed by atoms with Crippen molar-refractivity contribution in [3.05, 3.63) is 58.7 Å². The summed E-state index contributed by atoms with van der Waals surface area (Å²) in [5.41, 5.74) is 2.82. The Kier molecular flexibility index (Phi) is 4.05. The highest BCUT2D eigenvalue weighted by Gasteiger charge is 2.29. The van der Waals surface area contributed by atoms with E-state index in [1.807, 2.05) is 24.3 Å². The van der Waals surface area contributed by atoms with Crippen LogP contribution in [0.1, 0.15) is 23.3 Å². The van der Waals surface area contributed by atoms with Crippen molar-refractivity contribution < 1.29 is 9.59 Å². The summed E-state index contributed by atoms with van der Waals surface area (Å²) < 4.78 is 0.956. The molecule has 0 radical (unpaired) electrons. The van der Waals surface area contributed by atoms with Crippen LogP contribution in [0, 0.1) is 5.92 Å². The van der Waals surface area contributed by atoms with Gasteiger partial charge in [0, 0.05) is 32.7 Å². The molecule has 0 unspecified atom stereocenters. The first-order chi connectivity index (χ1) is 12.1. The first-order valence-corrected chi connectivity index (χ1v) is 8.88. The summed E-state index contributed by atoms with van der Waals surface area (Å²) in [6.45, 7) is 0. The minimum Gasteiger partial charge on any atom is -0.350 e. The van der Waals surface area contributed by atoms with Crippen molar-refractivity contribution >= 4 is 50.0 Å². The fourth-order valence-electron chi connectivity index (χ4n) is 2.65. The second-order valence-electron chi connectivity index (χ2n) is 6.21. The predicted molar refractivity (Wildman–Crippen MR) is 102 cm³/mol. The molecular formula is C19H16BrN3O2. The second-order valence-corrected chi connectivity index (χ2v) is 7.13. The van der Waals surface area contributed by atoms with Crippen molar-refractivity contribution in [2.45, 2.75) is 12.8 Å². The van der Waals surface area contributed by atoms with Crippen LogP contribution in [0.4, 0.5) is 11.4 Å². The zero-order chi connectivity index (χ0) is 17.4. The summed E-state index contributed by atoms with van der Waals surface area (Å²) in [6.07, 6.45) is 1.95. The molecule has 1 aliphatic carbocycles. The Morgan fingerprint density at radius 3 is 2.32 bits per heavy atom. The summed E-state index contributed by atoms with van der Waals surface area (Å²) in [5, 5.41) is 6.71. The number of hydrogen-bond acceptors (Lipinski definition) is 2. The maximum Gasteiger partial charge on any atom is 0.272 e. The Balaban J connectivity index is 1.44. The lowest BCUT2D eigenvalue weighted by molar-refractivity contribution is -0.117. The Hall–Kier alpha value is -2.60. The van der Waals surface area contributed by atoms with E-state index in [0.717, 1.165) is 33.9 Å². The fourth-order valence-corrected chi connectivity index (χ4v) is 3.01. The van der Waals surface area contributed by atoms with Crippen molar-refractivity contribution in [2.75, 3.05) is 10.6 Å². The number of nitrogens with one attached hydrogen (secondary N) is 3. The number of carbonyl (C=O) groups is 2. The number of H-pyrrole nitrogens is 1. The van der Waals surface area contributed by atoms with Crippen molar-refractivity contribution in [2.24, 2.45) is 5.92 Å². The van der Waals surface area contributed by atoms with Crippen LogP contribution in [-0.2, 0) is 4.79 Å². The van der Waals surface area contributed by atoms with Crippen molar-refractivity contribution in [1.82, 2.24) is 4.98 Å². The third-order valence-corrected chi connectivity index (χ3v) is 4.68. The SMILES string of the molecule is O=C(Nc1ccc(NC(=O)C2CC2)cc1)c1cc2ccc(Br)cc2[nH]1. The monoisotopic (exact) mass is 397 g/mol. The van der Waals surface area contributed by atoms with Gasteiger partial charge in [-0.1, -0.05) is 22.0 Å². The maximum atomic E-state index is 12.4. The highest BCUT2D eigenvalue weighted by molar-refractivity contribution is 9.10. The number of halogens is 1. The minimum atomic E-state index is -0.206. The minimum absolute atomic E-state index is 0.0704. The number of hydrogen-bond donors (Lipinski definition) is 3. The van der Waals surface area contributed by atoms with Gasteiger partial charge in [0.1, 0.15) is 5.69 Å². The second kappa shape index (κ2) is 6.37. The molecule has 1 fully saturated rings. The summed E-state index contributed by atoms with van der Waals surface area (Å²) in [6, 6.07) is 14.8. The summed E-state index contributed by atoms with van der Waals surface area (Å²) in [4.78, 5) is 27.3. The lowest BCUT2D eigenvalue weighted by Gasteiger charge is -2.07. The van der Waals surface area contributed by atoms with Crippen molar-refractivity contribution in [3.8, 4) is 0 Å². The highest BCUT2D eigenvalue weighted by Crippen LogP contribution is 2.30. The molecule has 1 saturated carbocycles. The molecule has 0 aliphatic heterocycles. The quantitative estimate of drug-likeness (QED) is 0.604. The molecule has 1 aromatic heterocycles. The van der Waals surface area contributed by atoms with Crippen LogP contribution in [0.2, 0.25) is 0 Å². The van der Waals surface area contributed by atoms with Crippen molar-refractivity contribution in [1.29, 1.82) is 0 Å². The van der Waals surface area contributed by atoms with Gasteiger partial charge in [-0.05, 0) is 55.3 Å². The zero-order valence-corrected chi connectivity index (χ0v) is 14.9. The van der Waals surface area contributed by atoms with Gasteiger partial charge in [0.2, 0.25) is 5.91 Å². The van der Waals surface area contributed by atoms with Gasteiger partial charge in [0.25, 0.3) is 5.91 Å². The van der Waals surface area contributed by atoms with Crippen LogP contribution in [0.3, 0.4) is 0 Å². The number of carbonyl (C=O) groups excluding carboxylic acids is 2. The van der Waals surface area contributed by atoms with Gasteiger partial charge in [-0.25, -0.2) is 0 Å². The molecule has 6 heteroatoms. The van der Waals surface area contributed by atoms with E-state index >= 15 is 0 Å². The highest BCUT2D eigenvalue weighted by atomic mass is 79.9. The molecule has 5 nitrogen and oxygen atoms in total. The standard InChI is InChI=1S/C19H16BrN3O2/c20-13-4-3-12-9-17(23-16(12)10-13)19(25)22-15-7-5-14(6-8-15)21-18(24)11-1-2-11/h3-11,23H,1-2H2,(H,21,24)(H,22,25). The van der Waals surface area contributed by atoms with Gasteiger partial charge in [-0.15, -0.1) is 0 Å². The lowest BCUT2D eigenvalue weighted by Crippen LogP contribution is -2.14. The van der Waals surface area contributed by atoms with Gasteiger partial charge in [0.05, 0.1) is 0 Å². The van der Waals surface area contributed by atoms with Crippen LogP contribution >= 0.6 is 15.9 Å². The van der Waals surface area contributed by atoms with Gasteiger partial charge >= 0.3 is 0 Å². The Morgan fingerprint density at radius 2 is 1.64 bits per heavy atom. The molecule has 126 valence electrons. The predicted octanol–water partition coefficient (Wildman–Crippen LogP) is 4.53. The first-order valence-electron chi connectivity index (χ1n) is 8.09. The molecule has 2 aromatic carbocycles. The van der Waals surface area contributed by atoms with Crippen molar-refractivity contribution in [3.63, 3.8) is 0 Å². The molecule has 0 saturated heterocycles. The van der Waals surface area contributed by atoms with Gasteiger partial charge < -0.3 is 15.6 Å². The van der Waals surface area contributed by atoms with Crippen LogP contribution in [0.25, 0.3) is 10.9 Å². The topological polar surface area (TPSA) is 74.0 Å². The number of aromatic amines is 1. The smallest absolute Gasteiger partial charge is 0.272 e. The van der Waals surface area contributed by atoms with Crippen LogP contribution in [0.5, 0.6) is 0 Å². The van der Waals surface area contributed by atoms with Crippen LogP contribution < -0.4 is 10.6 Å². The molecule has 25 heavy (non-hydrogen) atoms. The van der Waals surface area contributed by atoms with E-state index in [4.69, 9.17) is 0 Å². The molecule has 2 amide bonds. The average Bonchev–Trinajstić information content (AvgIpc) is 3.36. The first kappa shape index (κ1) is 15.9. The van der Waals surface area contributed by atoms with E-state index in [9.17, 15) is 9.59 Å². The number of anilines is 2. The van der Waals surface area contributed by atoms with E-state index in [1.54, 1.807) is 24.3 Å². The molecular weight excluding hydrogens is 382 g/mol. The van der Waals surface area contributed by atoms with E-state index in [2.05, 4.69) is 31.5 Å². The Morgan fingerprint density at radius 1 is 0.960 bits per heavy atom. The van der Waals surface area contributed by atoms with E-state index in [0.29, 0.717) is 11.4 Å². The molecule has 0 atom stereocenters. The van der Waals surface area contributed by atoms with E-state index in [1.165, 1.54) is 0 Å². The Bertz CT molecular complexity index is 958. The zero-order valence-electron chi connectivity index (χ0n) is 13.3. The fraction of sp³-hybridized carbons (Fsp3) is 0.158. The number of amides is 2. The summed E-state index contributed by atoms with van der Waals surface area (Å²) >= 11 is 3.42. The number of rotatable bonds is 4. The van der Waals surface area contributed by atoms with Gasteiger partial charge in [-0.2, -0.15) is 0 Å². The molecule has 0 spiro atoms. The largest absolute Gasteiger partial charge is 0.350 e. The summed E-state index contributed by atoms with van der Waals surface area (Å²) in [7, 11) is 0. The van der Waals surface area contributed by atoms with Gasteiger partial charge in [0.15, 0.2) is 0 Å². The van der Waals surface area contributed by atoms with E-state index < -0.39 is 0 Å².